The average Bonchev–Trinajstić information content (AvgIpc) is 2.55. The third kappa shape index (κ3) is 4.82. The topological polar surface area (TPSA) is 95.5 Å². The summed E-state index contributed by atoms with van der Waals surface area (Å²) in [6, 6.07) is 12.3. The van der Waals surface area contributed by atoms with Gasteiger partial charge in [0, 0.05) is 16.8 Å². The fourth-order valence-corrected chi connectivity index (χ4v) is 2.97. The van der Waals surface area contributed by atoms with E-state index in [2.05, 4.69) is 4.72 Å². The summed E-state index contributed by atoms with van der Waals surface area (Å²) >= 11 is 5.76. The number of nitrogens with one attached hydrogen (secondary N) is 2. The Labute approximate surface area is 138 Å². The Bertz CT molecular complexity index is 833. The number of hydrogen-bond acceptors (Lipinski definition) is 4. The van der Waals surface area contributed by atoms with Gasteiger partial charge in [0.2, 0.25) is 0 Å². The van der Waals surface area contributed by atoms with Crippen LogP contribution in [0.1, 0.15) is 5.56 Å². The fraction of sp³-hybridized carbons (Fsp3) is 0. The second kappa shape index (κ2) is 7.28. The highest BCUT2D eigenvalue weighted by Gasteiger charge is 2.14. The van der Waals surface area contributed by atoms with Crippen molar-refractivity contribution in [3.05, 3.63) is 65.2 Å². The first-order valence-corrected chi connectivity index (χ1v) is 8.27. The summed E-state index contributed by atoms with van der Waals surface area (Å²) in [6.07, 6.45) is 2.46. The highest BCUT2D eigenvalue weighted by atomic mass is 35.5. The van der Waals surface area contributed by atoms with Crippen LogP contribution in [0.2, 0.25) is 5.02 Å². The van der Waals surface area contributed by atoms with E-state index in [1.165, 1.54) is 23.7 Å². The van der Waals surface area contributed by atoms with Gasteiger partial charge >= 0.3 is 0 Å². The molecule has 0 unspecified atom stereocenters. The van der Waals surface area contributed by atoms with Crippen molar-refractivity contribution in [2.45, 2.75) is 4.90 Å². The van der Waals surface area contributed by atoms with Gasteiger partial charge < -0.3 is 0 Å². The lowest BCUT2D eigenvalue weighted by Gasteiger charge is -2.08. The number of hydrogen-bond donors (Lipinski definition) is 3. The number of rotatable bonds is 5. The molecule has 0 spiro atoms. The van der Waals surface area contributed by atoms with Gasteiger partial charge in [0.15, 0.2) is 0 Å². The van der Waals surface area contributed by atoms with Crippen LogP contribution in [0.3, 0.4) is 0 Å². The van der Waals surface area contributed by atoms with Crippen LogP contribution in [0.15, 0.2) is 59.5 Å². The molecule has 0 aliphatic heterocycles. The Kier molecular flexibility index (Phi) is 5.38. The number of sulfonamides is 1. The Balaban J connectivity index is 2.24. The highest BCUT2D eigenvalue weighted by Crippen LogP contribution is 2.19. The molecule has 0 saturated carbocycles. The predicted molar refractivity (Wildman–Crippen MR) is 87.7 cm³/mol. The number of hydroxylamine groups is 1. The third-order valence-electron chi connectivity index (χ3n) is 2.80. The van der Waals surface area contributed by atoms with Crippen LogP contribution in [0.5, 0.6) is 0 Å². The van der Waals surface area contributed by atoms with Crippen molar-refractivity contribution in [2.75, 3.05) is 4.72 Å². The van der Waals surface area contributed by atoms with Crippen LogP contribution in [-0.2, 0) is 14.8 Å². The zero-order valence-electron chi connectivity index (χ0n) is 11.7. The monoisotopic (exact) mass is 352 g/mol. The molecule has 0 aromatic heterocycles. The molecule has 120 valence electrons. The van der Waals surface area contributed by atoms with Crippen LogP contribution in [0.25, 0.3) is 6.08 Å². The molecule has 3 N–H and O–H groups in total. The predicted octanol–water partition coefficient (Wildman–Crippen LogP) is 2.66. The van der Waals surface area contributed by atoms with E-state index in [1.54, 1.807) is 36.4 Å². The van der Waals surface area contributed by atoms with E-state index >= 15 is 0 Å². The Morgan fingerprint density at radius 3 is 2.48 bits per heavy atom. The van der Waals surface area contributed by atoms with Gasteiger partial charge in [-0.25, -0.2) is 13.9 Å². The standard InChI is InChI=1S/C15H13ClN2O4S/c16-12-5-7-13(8-6-12)18-23(21,22)14-3-1-2-11(10-14)4-9-15(19)17-20/h1-10,18,20H,(H,17,19)/b9-4+. The van der Waals surface area contributed by atoms with E-state index in [0.717, 1.165) is 6.08 Å². The smallest absolute Gasteiger partial charge is 0.267 e. The number of carbonyl (C=O) groups excluding carboxylic acids is 1. The molecule has 2 aromatic carbocycles. The van der Waals surface area contributed by atoms with Crippen LogP contribution >= 0.6 is 11.6 Å². The Morgan fingerprint density at radius 1 is 1.13 bits per heavy atom. The lowest BCUT2D eigenvalue weighted by molar-refractivity contribution is -0.124. The summed E-state index contributed by atoms with van der Waals surface area (Å²) in [5, 5.41) is 8.92. The first-order chi connectivity index (χ1) is 10.9. The molecule has 8 heteroatoms. The highest BCUT2D eigenvalue weighted by molar-refractivity contribution is 7.92. The SMILES string of the molecule is O=C(/C=C/c1cccc(S(=O)(=O)Nc2ccc(Cl)cc2)c1)NO. The molecule has 0 heterocycles. The van der Waals surface area contributed by atoms with Crippen molar-refractivity contribution in [1.29, 1.82) is 0 Å². The number of carbonyl (C=O) groups is 1. The molecule has 0 fully saturated rings. The van der Waals surface area contributed by atoms with Crippen LogP contribution in [-0.4, -0.2) is 19.5 Å². The van der Waals surface area contributed by atoms with Crippen LogP contribution < -0.4 is 10.2 Å². The van der Waals surface area contributed by atoms with E-state index in [4.69, 9.17) is 16.8 Å². The molecule has 2 rings (SSSR count). The van der Waals surface area contributed by atoms with E-state index in [0.29, 0.717) is 16.3 Å². The maximum absolute atomic E-state index is 12.3. The average molecular weight is 353 g/mol. The molecular weight excluding hydrogens is 340 g/mol. The first kappa shape index (κ1) is 17.0. The summed E-state index contributed by atoms with van der Waals surface area (Å²) in [5.74, 6) is -0.711. The second-order valence-corrected chi connectivity index (χ2v) is 6.61. The summed E-state index contributed by atoms with van der Waals surface area (Å²) in [4.78, 5) is 11.0. The zero-order valence-corrected chi connectivity index (χ0v) is 13.3. The van der Waals surface area contributed by atoms with E-state index in [9.17, 15) is 13.2 Å². The lowest BCUT2D eigenvalue weighted by atomic mass is 10.2. The van der Waals surface area contributed by atoms with Crippen molar-refractivity contribution >= 4 is 39.3 Å². The quantitative estimate of drug-likeness (QED) is 0.438. The molecule has 0 aliphatic carbocycles. The number of halogens is 1. The van der Waals surface area contributed by atoms with Gasteiger partial charge in [-0.05, 0) is 48.0 Å². The van der Waals surface area contributed by atoms with E-state index in [1.807, 2.05) is 0 Å². The van der Waals surface area contributed by atoms with Gasteiger partial charge in [-0.1, -0.05) is 23.7 Å². The second-order valence-electron chi connectivity index (χ2n) is 4.49. The fourth-order valence-electron chi connectivity index (χ4n) is 1.73. The number of anilines is 1. The normalized spacial score (nSPS) is 11.4. The zero-order chi connectivity index (χ0) is 16.9. The summed E-state index contributed by atoms with van der Waals surface area (Å²) in [5.41, 5.74) is 2.33. The molecule has 0 bridgehead atoms. The maximum atomic E-state index is 12.3. The van der Waals surface area contributed by atoms with Gasteiger partial charge in [0.1, 0.15) is 0 Å². The molecule has 0 radical (unpaired) electrons. The van der Waals surface area contributed by atoms with Gasteiger partial charge in [-0.3, -0.25) is 14.7 Å². The molecule has 0 aliphatic rings. The largest absolute Gasteiger partial charge is 0.288 e. The van der Waals surface area contributed by atoms with Crippen molar-refractivity contribution in [1.82, 2.24) is 5.48 Å². The minimum atomic E-state index is -3.77. The summed E-state index contributed by atoms with van der Waals surface area (Å²) in [6.45, 7) is 0. The van der Waals surface area contributed by atoms with Crippen molar-refractivity contribution < 1.29 is 18.4 Å². The Hall–Kier alpha value is -2.35. The van der Waals surface area contributed by atoms with Gasteiger partial charge in [0.25, 0.3) is 15.9 Å². The summed E-state index contributed by atoms with van der Waals surface area (Å²) in [7, 11) is -3.77. The minimum Gasteiger partial charge on any atom is -0.288 e. The van der Waals surface area contributed by atoms with Crippen molar-refractivity contribution in [3.8, 4) is 0 Å². The van der Waals surface area contributed by atoms with Crippen LogP contribution in [0, 0.1) is 0 Å². The molecule has 6 nitrogen and oxygen atoms in total. The first-order valence-electron chi connectivity index (χ1n) is 6.41. The summed E-state index contributed by atoms with van der Waals surface area (Å²) < 4.78 is 27.1. The lowest BCUT2D eigenvalue weighted by Crippen LogP contribution is -2.15. The van der Waals surface area contributed by atoms with Gasteiger partial charge in [-0.15, -0.1) is 0 Å². The van der Waals surface area contributed by atoms with Gasteiger partial charge in [0.05, 0.1) is 4.90 Å². The number of benzene rings is 2. The molecular formula is C15H13ClN2O4S. The van der Waals surface area contributed by atoms with E-state index < -0.39 is 15.9 Å². The van der Waals surface area contributed by atoms with Crippen molar-refractivity contribution in [2.24, 2.45) is 0 Å². The number of amides is 1. The molecule has 0 atom stereocenters. The molecule has 23 heavy (non-hydrogen) atoms. The molecule has 0 saturated heterocycles. The molecule has 2 aromatic rings. The van der Waals surface area contributed by atoms with Crippen LogP contribution in [0.4, 0.5) is 5.69 Å². The minimum absolute atomic E-state index is 0.0407. The Morgan fingerprint density at radius 2 is 1.83 bits per heavy atom. The van der Waals surface area contributed by atoms with E-state index in [-0.39, 0.29) is 4.90 Å². The molecule has 1 amide bonds. The van der Waals surface area contributed by atoms with Crippen molar-refractivity contribution in [3.63, 3.8) is 0 Å². The third-order valence-corrected chi connectivity index (χ3v) is 4.43. The maximum Gasteiger partial charge on any atom is 0.267 e. The van der Waals surface area contributed by atoms with Gasteiger partial charge in [-0.2, -0.15) is 0 Å².